The number of non-ortho nitro benzene ring substituents is 1. The van der Waals surface area contributed by atoms with Gasteiger partial charge in [-0.05, 0) is 32.0 Å². The fourth-order valence-electron chi connectivity index (χ4n) is 2.02. The summed E-state index contributed by atoms with van der Waals surface area (Å²) in [6.07, 6.45) is 1.52. The van der Waals surface area contributed by atoms with Crippen LogP contribution in [0.1, 0.15) is 13.8 Å². The second-order valence-corrected chi connectivity index (χ2v) is 5.18. The molecule has 0 radical (unpaired) electrons. The summed E-state index contributed by atoms with van der Waals surface area (Å²) in [7, 11) is 1.63. The van der Waals surface area contributed by atoms with Crippen LogP contribution in [0.4, 0.5) is 11.4 Å². The van der Waals surface area contributed by atoms with Crippen molar-refractivity contribution in [2.75, 3.05) is 11.9 Å². The lowest BCUT2D eigenvalue weighted by molar-refractivity contribution is -0.383. The molecule has 0 aliphatic carbocycles. The first-order chi connectivity index (χ1) is 9.76. The van der Waals surface area contributed by atoms with Crippen LogP contribution < -0.4 is 4.90 Å². The number of pyridine rings is 1. The number of carboxylic acid groups (broad SMARTS) is 1. The van der Waals surface area contributed by atoms with Crippen LogP contribution in [0, 0.1) is 10.1 Å². The van der Waals surface area contributed by atoms with Gasteiger partial charge in [-0.3, -0.25) is 15.1 Å². The number of nitro groups is 1. The van der Waals surface area contributed by atoms with Gasteiger partial charge >= 0.3 is 5.97 Å². The van der Waals surface area contributed by atoms with Crippen LogP contribution in [0.15, 0.2) is 30.5 Å². The highest BCUT2D eigenvalue weighted by Gasteiger charge is 2.33. The van der Waals surface area contributed by atoms with Gasteiger partial charge in [0.05, 0.1) is 16.0 Å². The average Bonchev–Trinajstić information content (AvgIpc) is 2.44. The van der Waals surface area contributed by atoms with E-state index in [0.29, 0.717) is 16.6 Å². The SMILES string of the molecule is CN(c1ccc([N+](=O)[O-])c2cccnc12)C(C)(C)C(=O)O. The number of hydrogen-bond acceptors (Lipinski definition) is 5. The van der Waals surface area contributed by atoms with Crippen LogP contribution in [0.25, 0.3) is 10.9 Å². The van der Waals surface area contributed by atoms with E-state index in [9.17, 15) is 20.0 Å². The molecule has 2 rings (SSSR count). The molecule has 0 fully saturated rings. The molecule has 110 valence electrons. The van der Waals surface area contributed by atoms with Gasteiger partial charge in [-0.2, -0.15) is 0 Å². The number of carbonyl (C=O) groups is 1. The fourth-order valence-corrected chi connectivity index (χ4v) is 2.02. The predicted molar refractivity (Wildman–Crippen MR) is 78.5 cm³/mol. The van der Waals surface area contributed by atoms with Crippen molar-refractivity contribution in [3.8, 4) is 0 Å². The second kappa shape index (κ2) is 5.01. The van der Waals surface area contributed by atoms with Crippen molar-refractivity contribution in [1.82, 2.24) is 4.98 Å². The normalized spacial score (nSPS) is 11.4. The number of aromatic nitrogens is 1. The van der Waals surface area contributed by atoms with Crippen LogP contribution >= 0.6 is 0 Å². The van der Waals surface area contributed by atoms with Gasteiger partial charge in [-0.1, -0.05) is 0 Å². The number of benzene rings is 1. The number of carboxylic acids is 1. The molecule has 1 aromatic carbocycles. The number of fused-ring (bicyclic) bond motifs is 1. The third kappa shape index (κ3) is 2.37. The summed E-state index contributed by atoms with van der Waals surface area (Å²) in [6, 6.07) is 6.11. The highest BCUT2D eigenvalue weighted by molar-refractivity contribution is 5.98. The largest absolute Gasteiger partial charge is 0.480 e. The zero-order valence-corrected chi connectivity index (χ0v) is 11.9. The first-order valence-corrected chi connectivity index (χ1v) is 6.26. The Balaban J connectivity index is 2.70. The summed E-state index contributed by atoms with van der Waals surface area (Å²) in [5.74, 6) is -0.993. The van der Waals surface area contributed by atoms with E-state index < -0.39 is 16.4 Å². The van der Waals surface area contributed by atoms with E-state index in [-0.39, 0.29) is 5.69 Å². The molecule has 0 atom stereocenters. The molecule has 1 heterocycles. The highest BCUT2D eigenvalue weighted by Crippen LogP contribution is 2.34. The number of anilines is 1. The van der Waals surface area contributed by atoms with Crippen molar-refractivity contribution in [2.45, 2.75) is 19.4 Å². The first-order valence-electron chi connectivity index (χ1n) is 6.26. The van der Waals surface area contributed by atoms with Crippen LogP contribution in [0.3, 0.4) is 0 Å². The van der Waals surface area contributed by atoms with Gasteiger partial charge in [0.25, 0.3) is 5.69 Å². The Kier molecular flexibility index (Phi) is 3.51. The zero-order chi connectivity index (χ0) is 15.8. The summed E-state index contributed by atoms with van der Waals surface area (Å²) < 4.78 is 0. The maximum atomic E-state index is 11.4. The monoisotopic (exact) mass is 289 g/mol. The van der Waals surface area contributed by atoms with Gasteiger partial charge in [0.2, 0.25) is 0 Å². The van der Waals surface area contributed by atoms with Crippen molar-refractivity contribution >= 4 is 28.2 Å². The second-order valence-electron chi connectivity index (χ2n) is 5.18. The van der Waals surface area contributed by atoms with Crippen molar-refractivity contribution < 1.29 is 14.8 Å². The predicted octanol–water partition coefficient (Wildman–Crippen LogP) is 2.44. The smallest absolute Gasteiger partial charge is 0.328 e. The van der Waals surface area contributed by atoms with E-state index in [1.807, 2.05) is 0 Å². The Morgan fingerprint density at radius 3 is 2.62 bits per heavy atom. The van der Waals surface area contributed by atoms with E-state index in [1.165, 1.54) is 18.3 Å². The van der Waals surface area contributed by atoms with E-state index in [1.54, 1.807) is 37.9 Å². The maximum Gasteiger partial charge on any atom is 0.328 e. The molecule has 2 aromatic rings. The molecule has 0 saturated carbocycles. The minimum atomic E-state index is -1.17. The molecule has 0 bridgehead atoms. The van der Waals surface area contributed by atoms with Crippen LogP contribution in [-0.2, 0) is 4.79 Å². The Labute approximate surface area is 121 Å². The molecular weight excluding hydrogens is 274 g/mol. The average molecular weight is 289 g/mol. The highest BCUT2D eigenvalue weighted by atomic mass is 16.6. The van der Waals surface area contributed by atoms with Gasteiger partial charge in [-0.15, -0.1) is 0 Å². The lowest BCUT2D eigenvalue weighted by Gasteiger charge is -2.33. The van der Waals surface area contributed by atoms with Crippen molar-refractivity contribution in [3.05, 3.63) is 40.6 Å². The maximum absolute atomic E-state index is 11.4. The summed E-state index contributed by atoms with van der Waals surface area (Å²) in [4.78, 5) is 27.7. The number of hydrogen-bond donors (Lipinski definition) is 1. The number of nitro benzene ring substituents is 1. The molecule has 21 heavy (non-hydrogen) atoms. The van der Waals surface area contributed by atoms with Crippen LogP contribution in [0.5, 0.6) is 0 Å². The lowest BCUT2D eigenvalue weighted by atomic mass is 10.0. The Hall–Kier alpha value is -2.70. The molecule has 0 spiro atoms. The molecular formula is C14H15N3O4. The molecule has 7 nitrogen and oxygen atoms in total. The van der Waals surface area contributed by atoms with Gasteiger partial charge in [-0.25, -0.2) is 4.79 Å². The van der Waals surface area contributed by atoms with E-state index in [2.05, 4.69) is 4.98 Å². The van der Waals surface area contributed by atoms with Crippen molar-refractivity contribution in [3.63, 3.8) is 0 Å². The van der Waals surface area contributed by atoms with E-state index >= 15 is 0 Å². The molecule has 0 unspecified atom stereocenters. The van der Waals surface area contributed by atoms with Gasteiger partial charge < -0.3 is 10.0 Å². The van der Waals surface area contributed by atoms with Crippen LogP contribution in [0.2, 0.25) is 0 Å². The summed E-state index contributed by atoms with van der Waals surface area (Å²) in [5.41, 5.74) is -0.281. The number of aliphatic carboxylic acids is 1. The topological polar surface area (TPSA) is 96.6 Å². The minimum absolute atomic E-state index is 0.0524. The van der Waals surface area contributed by atoms with Gasteiger partial charge in [0, 0.05) is 19.3 Å². The summed E-state index contributed by atoms with van der Waals surface area (Å²) in [5, 5.41) is 20.8. The minimum Gasteiger partial charge on any atom is -0.480 e. The molecule has 7 heteroatoms. The molecule has 0 aliphatic rings. The number of nitrogens with zero attached hydrogens (tertiary/aromatic N) is 3. The van der Waals surface area contributed by atoms with Crippen molar-refractivity contribution in [1.29, 1.82) is 0 Å². The molecule has 1 aromatic heterocycles. The third-order valence-corrected chi connectivity index (χ3v) is 3.65. The first kappa shape index (κ1) is 14.7. The molecule has 1 N–H and O–H groups in total. The standard InChI is InChI=1S/C14H15N3O4/c1-14(2,13(18)19)16(3)11-7-6-10(17(20)21)9-5-4-8-15-12(9)11/h4-8H,1-3H3,(H,18,19). The fraction of sp³-hybridized carbons (Fsp3) is 0.286. The summed E-state index contributed by atoms with van der Waals surface area (Å²) >= 11 is 0. The quantitative estimate of drug-likeness (QED) is 0.686. The molecule has 0 saturated heterocycles. The van der Waals surface area contributed by atoms with Crippen molar-refractivity contribution in [2.24, 2.45) is 0 Å². The Bertz CT molecular complexity index is 727. The molecule has 0 aliphatic heterocycles. The van der Waals surface area contributed by atoms with Crippen LogP contribution in [-0.4, -0.2) is 33.6 Å². The van der Waals surface area contributed by atoms with E-state index in [4.69, 9.17) is 0 Å². The number of rotatable bonds is 4. The third-order valence-electron chi connectivity index (χ3n) is 3.65. The Morgan fingerprint density at radius 1 is 1.38 bits per heavy atom. The summed E-state index contributed by atoms with van der Waals surface area (Å²) in [6.45, 7) is 3.12. The zero-order valence-electron chi connectivity index (χ0n) is 11.9. The van der Waals surface area contributed by atoms with E-state index in [0.717, 1.165) is 0 Å². The molecule has 0 amide bonds. The van der Waals surface area contributed by atoms with Gasteiger partial charge in [0.15, 0.2) is 0 Å². The lowest BCUT2D eigenvalue weighted by Crippen LogP contribution is -2.48. The Morgan fingerprint density at radius 2 is 2.05 bits per heavy atom. The number of likely N-dealkylation sites (N-methyl/N-ethyl adjacent to an activating group) is 1. The van der Waals surface area contributed by atoms with Gasteiger partial charge in [0.1, 0.15) is 11.1 Å².